The van der Waals surface area contributed by atoms with Crippen LogP contribution in [0.2, 0.25) is 0 Å². The van der Waals surface area contributed by atoms with Gasteiger partial charge in [-0.3, -0.25) is 24.0 Å². The summed E-state index contributed by atoms with van der Waals surface area (Å²) in [7, 11) is 2.34. The van der Waals surface area contributed by atoms with Crippen molar-refractivity contribution in [3.8, 4) is 0 Å². The molecule has 0 spiro atoms. The highest BCUT2D eigenvalue weighted by atomic mass is 16.6. The van der Waals surface area contributed by atoms with Crippen molar-refractivity contribution in [3.05, 3.63) is 52.3 Å². The van der Waals surface area contributed by atoms with Gasteiger partial charge in [0, 0.05) is 40.2 Å². The summed E-state index contributed by atoms with van der Waals surface area (Å²) in [5.74, 6) is -5.89. The highest BCUT2D eigenvalue weighted by molar-refractivity contribution is 5.91. The van der Waals surface area contributed by atoms with Gasteiger partial charge < -0.3 is 38.5 Å². The van der Waals surface area contributed by atoms with Gasteiger partial charge in [-0.15, -0.1) is 0 Å². The number of hydrogen-bond acceptors (Lipinski definition) is 14. The first-order chi connectivity index (χ1) is 22.1. The van der Waals surface area contributed by atoms with E-state index in [-0.39, 0.29) is 12.0 Å². The molecule has 256 valence electrons. The van der Waals surface area contributed by atoms with Gasteiger partial charge in [0.1, 0.15) is 12.6 Å². The number of carbonyl (C=O) groups is 7. The summed E-state index contributed by atoms with van der Waals surface area (Å²) in [6.07, 6.45) is -2.96. The number of amides is 1. The van der Waals surface area contributed by atoms with Crippen molar-refractivity contribution in [2.45, 2.75) is 78.4 Å². The largest absolute Gasteiger partial charge is 0.477 e. The molecule has 2 rings (SSSR count). The Hall–Kier alpha value is -5.21. The Bertz CT molecular complexity index is 1440. The van der Waals surface area contributed by atoms with Crippen molar-refractivity contribution < 1.29 is 66.7 Å². The van der Waals surface area contributed by atoms with Crippen LogP contribution in [0.4, 0.5) is 0 Å². The molecule has 0 unspecified atom stereocenters. The molecule has 0 saturated heterocycles. The minimum Gasteiger partial charge on any atom is -0.477 e. The fourth-order valence-electron chi connectivity index (χ4n) is 4.82. The molecule has 1 N–H and O–H groups in total. The highest BCUT2D eigenvalue weighted by Crippen LogP contribution is 2.34. The Morgan fingerprint density at radius 2 is 1.51 bits per heavy atom. The van der Waals surface area contributed by atoms with Crippen LogP contribution in [0.3, 0.4) is 0 Å². The van der Waals surface area contributed by atoms with Crippen molar-refractivity contribution in [1.29, 1.82) is 0 Å². The van der Waals surface area contributed by atoms with Crippen LogP contribution >= 0.6 is 0 Å². The second-order valence-electron chi connectivity index (χ2n) is 10.4. The first-order valence-electron chi connectivity index (χ1n) is 14.3. The second-order valence-corrected chi connectivity index (χ2v) is 10.4. The zero-order valence-electron chi connectivity index (χ0n) is 27.4. The topological polar surface area (TPSA) is 196 Å². The van der Waals surface area contributed by atoms with Gasteiger partial charge in [0.2, 0.25) is 11.7 Å². The smallest absolute Gasteiger partial charge is 0.373 e. The SMILES string of the molecule is COC(=O)C1=C(C/C=C/c2ccc(C)c(C(=O)OC)c2)[C@H](OC(C)=O)[C@@H](NC(C)=O)[C@H]([C@H](OC(C)=O)[C@@H](COC(C)=O)OC(C)=O)O1. The summed E-state index contributed by atoms with van der Waals surface area (Å²) in [6, 6.07) is 3.72. The van der Waals surface area contributed by atoms with E-state index >= 15 is 0 Å². The number of methoxy groups -OCH3 is 2. The normalized spacial score (nSPS) is 18.6. The van der Waals surface area contributed by atoms with E-state index in [9.17, 15) is 33.6 Å². The van der Waals surface area contributed by atoms with E-state index in [0.717, 1.165) is 34.8 Å². The minimum absolute atomic E-state index is 0.0594. The predicted octanol–water partition coefficient (Wildman–Crippen LogP) is 1.87. The molecule has 0 aliphatic carbocycles. The Morgan fingerprint density at radius 3 is 2.04 bits per heavy atom. The van der Waals surface area contributed by atoms with E-state index in [1.807, 2.05) is 0 Å². The molecule has 1 heterocycles. The maximum atomic E-state index is 13.1. The Balaban J connectivity index is 2.76. The number of nitrogens with one attached hydrogen (secondary N) is 1. The molecule has 0 radical (unpaired) electrons. The monoisotopic (exact) mass is 661 g/mol. The summed E-state index contributed by atoms with van der Waals surface area (Å²) in [4.78, 5) is 86.2. The molecule has 0 fully saturated rings. The number of aryl methyl sites for hydroxylation is 1. The standard InChI is InChI=1S/C32H39NO14/c1-16-12-13-22(14-24(16)31(39)41-7)10-9-11-23-27(45-20(5)37)26(33-17(2)34)30(47-28(23)32(40)42-8)29(46-21(6)38)25(44-19(4)36)15-43-18(3)35/h9-10,12-14,25-27,29-30H,11,15H2,1-8H3,(H,33,34)/b10-9+/t25-,26-,27+,29-,30-/m1/s1. The fourth-order valence-corrected chi connectivity index (χ4v) is 4.82. The van der Waals surface area contributed by atoms with Crippen LogP contribution in [0.1, 0.15) is 62.5 Å². The molecule has 0 saturated carbocycles. The van der Waals surface area contributed by atoms with Gasteiger partial charge in [-0.2, -0.15) is 0 Å². The molecule has 1 aromatic rings. The van der Waals surface area contributed by atoms with Crippen LogP contribution in [0.5, 0.6) is 0 Å². The van der Waals surface area contributed by atoms with Gasteiger partial charge >= 0.3 is 35.8 Å². The van der Waals surface area contributed by atoms with Crippen molar-refractivity contribution in [2.24, 2.45) is 0 Å². The Labute approximate surface area is 271 Å². The van der Waals surface area contributed by atoms with Crippen molar-refractivity contribution >= 4 is 47.8 Å². The summed E-state index contributed by atoms with van der Waals surface area (Å²) in [5, 5.41) is 2.62. The average Bonchev–Trinajstić information content (AvgIpc) is 2.98. The van der Waals surface area contributed by atoms with Gasteiger partial charge in [-0.1, -0.05) is 24.3 Å². The van der Waals surface area contributed by atoms with Crippen molar-refractivity contribution in [2.75, 3.05) is 20.8 Å². The number of carbonyl (C=O) groups excluding carboxylic acids is 7. The molecule has 5 atom stereocenters. The Morgan fingerprint density at radius 1 is 0.872 bits per heavy atom. The number of ether oxygens (including phenoxy) is 7. The molecular weight excluding hydrogens is 622 g/mol. The lowest BCUT2D eigenvalue weighted by atomic mass is 9.87. The quantitative estimate of drug-likeness (QED) is 0.238. The lowest BCUT2D eigenvalue weighted by Gasteiger charge is -2.43. The number of esters is 6. The molecule has 15 nitrogen and oxygen atoms in total. The van der Waals surface area contributed by atoms with E-state index in [0.29, 0.717) is 16.7 Å². The first-order valence-corrected chi connectivity index (χ1v) is 14.3. The van der Waals surface area contributed by atoms with Crippen molar-refractivity contribution in [3.63, 3.8) is 0 Å². The molecule has 0 aromatic heterocycles. The lowest BCUT2D eigenvalue weighted by molar-refractivity contribution is -0.192. The maximum absolute atomic E-state index is 13.1. The van der Waals surface area contributed by atoms with Gasteiger partial charge in [0.05, 0.1) is 19.8 Å². The molecule has 1 aromatic carbocycles. The summed E-state index contributed by atoms with van der Waals surface area (Å²) in [5.41, 5.74) is 1.68. The number of allylic oxidation sites excluding steroid dienone is 1. The lowest BCUT2D eigenvalue weighted by Crippen LogP contribution is -2.63. The van der Waals surface area contributed by atoms with E-state index in [1.165, 1.54) is 14.0 Å². The van der Waals surface area contributed by atoms with Crippen LogP contribution in [0, 0.1) is 6.92 Å². The number of hydrogen-bond donors (Lipinski definition) is 1. The van der Waals surface area contributed by atoms with Crippen molar-refractivity contribution in [1.82, 2.24) is 5.32 Å². The molecule has 1 aliphatic heterocycles. The van der Waals surface area contributed by atoms with Gasteiger partial charge in [-0.25, -0.2) is 9.59 Å². The van der Waals surface area contributed by atoms with Gasteiger partial charge in [0.25, 0.3) is 0 Å². The van der Waals surface area contributed by atoms with Crippen LogP contribution in [-0.4, -0.2) is 93.0 Å². The molecule has 1 aliphatic rings. The fraction of sp³-hybridized carbons (Fsp3) is 0.469. The molecule has 1 amide bonds. The third-order valence-corrected chi connectivity index (χ3v) is 6.68. The van der Waals surface area contributed by atoms with Crippen LogP contribution in [0.15, 0.2) is 35.6 Å². The third kappa shape index (κ3) is 11.0. The zero-order chi connectivity index (χ0) is 35.4. The number of benzene rings is 1. The summed E-state index contributed by atoms with van der Waals surface area (Å²) >= 11 is 0. The van der Waals surface area contributed by atoms with E-state index in [2.05, 4.69) is 5.32 Å². The van der Waals surface area contributed by atoms with Crippen LogP contribution < -0.4 is 5.32 Å². The second kappa shape index (κ2) is 17.5. The van der Waals surface area contributed by atoms with Crippen LogP contribution in [0.25, 0.3) is 6.08 Å². The van der Waals surface area contributed by atoms with E-state index < -0.39 is 84.5 Å². The Kier molecular flexibility index (Phi) is 14.1. The van der Waals surface area contributed by atoms with Gasteiger partial charge in [0.15, 0.2) is 24.4 Å². The zero-order valence-corrected chi connectivity index (χ0v) is 27.4. The number of rotatable bonds is 13. The average molecular weight is 662 g/mol. The molecule has 0 bridgehead atoms. The van der Waals surface area contributed by atoms with Gasteiger partial charge in [-0.05, 0) is 30.5 Å². The highest BCUT2D eigenvalue weighted by Gasteiger charge is 2.51. The molecule has 15 heteroatoms. The minimum atomic E-state index is -1.62. The van der Waals surface area contributed by atoms with E-state index in [4.69, 9.17) is 33.2 Å². The third-order valence-electron chi connectivity index (χ3n) is 6.68. The van der Waals surface area contributed by atoms with E-state index in [1.54, 1.807) is 37.3 Å². The predicted molar refractivity (Wildman–Crippen MR) is 161 cm³/mol. The summed E-state index contributed by atoms with van der Waals surface area (Å²) < 4.78 is 37.4. The molecule has 47 heavy (non-hydrogen) atoms. The summed E-state index contributed by atoms with van der Waals surface area (Å²) in [6.45, 7) is 6.63. The molecular formula is C32H39NO14. The maximum Gasteiger partial charge on any atom is 0.373 e. The first kappa shape index (κ1) is 38.0. The van der Waals surface area contributed by atoms with Crippen LogP contribution in [-0.2, 0) is 61.9 Å².